The quantitative estimate of drug-likeness (QED) is 0.650. The van der Waals surface area contributed by atoms with Gasteiger partial charge in [0.25, 0.3) is 0 Å². The van der Waals surface area contributed by atoms with Crippen molar-refractivity contribution >= 4 is 15.7 Å². The van der Waals surface area contributed by atoms with Crippen LogP contribution >= 0.6 is 0 Å². The highest BCUT2D eigenvalue weighted by molar-refractivity contribution is 7.89. The minimum absolute atomic E-state index is 0.0188. The summed E-state index contributed by atoms with van der Waals surface area (Å²) in [4.78, 5) is 0.0779. The molecule has 0 aliphatic heterocycles. The van der Waals surface area contributed by atoms with Crippen LogP contribution in [0.25, 0.3) is 0 Å². The first-order chi connectivity index (χ1) is 15.0. The monoisotopic (exact) mass is 437 g/mol. The molecule has 2 fully saturated rings. The van der Waals surface area contributed by atoms with Crippen LogP contribution in [0.5, 0.6) is 0 Å². The molecule has 31 heavy (non-hydrogen) atoms. The third kappa shape index (κ3) is 5.07. The van der Waals surface area contributed by atoms with Crippen LogP contribution in [0.15, 0.2) is 40.4 Å². The normalized spacial score (nSPS) is 17.9. The van der Waals surface area contributed by atoms with Crippen molar-refractivity contribution in [2.24, 2.45) is 0 Å². The molecule has 3 rings (SSSR count). The van der Waals surface area contributed by atoms with E-state index in [2.05, 4.69) is 5.32 Å². The molecule has 8 heteroatoms. The molecule has 0 heterocycles. The summed E-state index contributed by atoms with van der Waals surface area (Å²) in [6.07, 6.45) is 9.82. The van der Waals surface area contributed by atoms with Crippen LogP contribution < -0.4 is 5.32 Å². The van der Waals surface area contributed by atoms with Crippen LogP contribution in [-0.4, -0.2) is 24.8 Å². The fraction of sp³-hybridized carbons (Fsp3) is 0.522. The van der Waals surface area contributed by atoms with Gasteiger partial charge in [-0.1, -0.05) is 50.7 Å². The summed E-state index contributed by atoms with van der Waals surface area (Å²) >= 11 is 0. The summed E-state index contributed by atoms with van der Waals surface area (Å²) in [7, 11) is -3.85. The number of rotatable bonds is 6. The van der Waals surface area contributed by atoms with Gasteiger partial charge in [0, 0.05) is 12.1 Å². The van der Waals surface area contributed by atoms with Crippen LogP contribution in [0.2, 0.25) is 0 Å². The molecule has 0 bridgehead atoms. The van der Waals surface area contributed by atoms with Crippen molar-refractivity contribution in [3.8, 4) is 18.2 Å². The second kappa shape index (κ2) is 10.4. The molecule has 2 aliphatic carbocycles. The molecule has 0 radical (unpaired) electrons. The van der Waals surface area contributed by atoms with Crippen molar-refractivity contribution in [3.63, 3.8) is 0 Å². The lowest BCUT2D eigenvalue weighted by atomic mass is 9.91. The molecule has 0 amide bonds. The summed E-state index contributed by atoms with van der Waals surface area (Å²) in [6.45, 7) is 0. The summed E-state index contributed by atoms with van der Waals surface area (Å²) in [5.74, 6) is 0. The molecule has 2 saturated carbocycles. The van der Waals surface area contributed by atoms with Crippen molar-refractivity contribution in [2.45, 2.75) is 81.2 Å². The highest BCUT2D eigenvalue weighted by atomic mass is 32.2. The van der Waals surface area contributed by atoms with Gasteiger partial charge in [0.1, 0.15) is 28.8 Å². The van der Waals surface area contributed by atoms with E-state index in [0.717, 1.165) is 64.2 Å². The van der Waals surface area contributed by atoms with Crippen molar-refractivity contribution < 1.29 is 8.42 Å². The lowest BCUT2D eigenvalue weighted by Gasteiger charge is -2.40. The molecule has 0 aromatic heterocycles. The summed E-state index contributed by atoms with van der Waals surface area (Å²) in [5, 5.41) is 30.4. The second-order valence-electron chi connectivity index (χ2n) is 8.13. The van der Waals surface area contributed by atoms with Crippen LogP contribution in [0, 0.1) is 34.0 Å². The number of nitrogens with zero attached hydrogens (tertiary/aromatic N) is 4. The van der Waals surface area contributed by atoms with Gasteiger partial charge in [-0.15, -0.1) is 0 Å². The Morgan fingerprint density at radius 3 is 1.84 bits per heavy atom. The highest BCUT2D eigenvalue weighted by Gasteiger charge is 2.39. The van der Waals surface area contributed by atoms with E-state index < -0.39 is 10.0 Å². The molecule has 162 valence electrons. The van der Waals surface area contributed by atoms with Gasteiger partial charge < -0.3 is 5.32 Å². The van der Waals surface area contributed by atoms with E-state index in [1.165, 1.54) is 6.07 Å². The van der Waals surface area contributed by atoms with Crippen LogP contribution in [0.1, 0.15) is 64.2 Å². The first kappa shape index (κ1) is 22.8. The average molecular weight is 438 g/mol. The first-order valence-corrected chi connectivity index (χ1v) is 12.3. The molecular formula is C23H27N5O2S. The summed E-state index contributed by atoms with van der Waals surface area (Å²) in [6, 6.07) is 11.5. The zero-order valence-electron chi connectivity index (χ0n) is 17.5. The maximum absolute atomic E-state index is 14.0. The van der Waals surface area contributed by atoms with E-state index in [9.17, 15) is 13.7 Å². The van der Waals surface area contributed by atoms with Crippen LogP contribution in [0.4, 0.5) is 5.69 Å². The third-order valence-corrected chi connectivity index (χ3v) is 8.22. The molecule has 0 saturated heterocycles. The topological polar surface area (TPSA) is 121 Å². The summed E-state index contributed by atoms with van der Waals surface area (Å²) < 4.78 is 29.7. The Morgan fingerprint density at radius 1 is 0.839 bits per heavy atom. The van der Waals surface area contributed by atoms with Gasteiger partial charge in [-0.2, -0.15) is 20.1 Å². The van der Waals surface area contributed by atoms with E-state index in [0.29, 0.717) is 0 Å². The number of nitriles is 3. The summed E-state index contributed by atoms with van der Waals surface area (Å²) in [5.41, 5.74) is -0.431. The maximum atomic E-state index is 14.0. The van der Waals surface area contributed by atoms with E-state index in [4.69, 9.17) is 10.5 Å². The molecule has 2 aliphatic rings. The number of hydrogen-bond acceptors (Lipinski definition) is 6. The Kier molecular flexibility index (Phi) is 7.69. The maximum Gasteiger partial charge on any atom is 0.245 e. The highest BCUT2D eigenvalue weighted by Crippen LogP contribution is 2.36. The second-order valence-corrected chi connectivity index (χ2v) is 9.94. The van der Waals surface area contributed by atoms with E-state index in [1.807, 2.05) is 0 Å². The van der Waals surface area contributed by atoms with E-state index in [-0.39, 0.29) is 33.9 Å². The zero-order chi connectivity index (χ0) is 22.3. The predicted octanol–water partition coefficient (Wildman–Crippen LogP) is 4.58. The first-order valence-electron chi connectivity index (χ1n) is 10.9. The fourth-order valence-electron chi connectivity index (χ4n) is 4.69. The molecule has 1 aromatic carbocycles. The molecule has 0 spiro atoms. The van der Waals surface area contributed by atoms with E-state index >= 15 is 0 Å². The number of allylic oxidation sites excluding steroid dienone is 2. The number of benzene rings is 1. The zero-order valence-corrected chi connectivity index (χ0v) is 18.4. The van der Waals surface area contributed by atoms with Gasteiger partial charge >= 0.3 is 0 Å². The van der Waals surface area contributed by atoms with Crippen molar-refractivity contribution in [1.29, 1.82) is 15.8 Å². The predicted molar refractivity (Wildman–Crippen MR) is 117 cm³/mol. The smallest absolute Gasteiger partial charge is 0.245 e. The standard InChI is InChI=1S/C23H27N5O2S/c24-15-18(16-25)22(17-26)27-21-13-7-8-14-23(21)31(29,30)28(19-9-3-1-4-10-19)20-11-5-2-6-12-20/h7-8,13-14,19-20,27H,1-6,9-12H2. The number of hydrogen-bond donors (Lipinski definition) is 1. The van der Waals surface area contributed by atoms with Gasteiger partial charge in [0.15, 0.2) is 5.57 Å². The lowest BCUT2D eigenvalue weighted by Crippen LogP contribution is -2.48. The van der Waals surface area contributed by atoms with Gasteiger partial charge in [0.2, 0.25) is 10.0 Å². The Balaban J connectivity index is 2.05. The minimum atomic E-state index is -3.85. The van der Waals surface area contributed by atoms with Gasteiger partial charge in [-0.3, -0.25) is 0 Å². The molecule has 1 aromatic rings. The average Bonchev–Trinajstić information content (AvgIpc) is 2.80. The van der Waals surface area contributed by atoms with Crippen molar-refractivity contribution in [3.05, 3.63) is 35.5 Å². The molecule has 1 N–H and O–H groups in total. The number of anilines is 1. The SMILES string of the molecule is N#CC(C#N)=C(C#N)Nc1ccccc1S(=O)(=O)N(C1CCCCC1)C1CCCCC1. The van der Waals surface area contributed by atoms with Gasteiger partial charge in [-0.05, 0) is 37.8 Å². The van der Waals surface area contributed by atoms with Gasteiger partial charge in [-0.25, -0.2) is 8.42 Å². The minimum Gasteiger partial charge on any atom is -0.344 e. The number of para-hydroxylation sites is 1. The Bertz CT molecular complexity index is 1010. The fourth-order valence-corrected chi connectivity index (χ4v) is 6.77. The Hall–Kier alpha value is -2.86. The van der Waals surface area contributed by atoms with Crippen molar-refractivity contribution in [1.82, 2.24) is 4.31 Å². The van der Waals surface area contributed by atoms with E-state index in [1.54, 1.807) is 40.7 Å². The van der Waals surface area contributed by atoms with Crippen molar-refractivity contribution in [2.75, 3.05) is 5.32 Å². The Morgan fingerprint density at radius 2 is 1.35 bits per heavy atom. The molecule has 0 atom stereocenters. The number of nitrogens with one attached hydrogen (secondary N) is 1. The third-order valence-electron chi connectivity index (χ3n) is 6.16. The Labute approximate surface area is 184 Å². The molecule has 0 unspecified atom stereocenters. The van der Waals surface area contributed by atoms with Crippen LogP contribution in [-0.2, 0) is 10.0 Å². The molecular weight excluding hydrogens is 410 g/mol. The van der Waals surface area contributed by atoms with Crippen LogP contribution in [0.3, 0.4) is 0 Å². The van der Waals surface area contributed by atoms with Gasteiger partial charge in [0.05, 0.1) is 5.69 Å². The molecule has 7 nitrogen and oxygen atoms in total. The lowest BCUT2D eigenvalue weighted by molar-refractivity contribution is 0.170. The largest absolute Gasteiger partial charge is 0.344 e. The number of sulfonamides is 1.